The zero-order chi connectivity index (χ0) is 22.3. The number of ether oxygens (including phenoxy) is 1. The summed E-state index contributed by atoms with van der Waals surface area (Å²) in [6.45, 7) is 0. The Morgan fingerprint density at radius 1 is 1.26 bits per heavy atom. The molecular formula is C17H25ClN5O7P. The average molecular weight is 478 g/mol. The second-order valence-electron chi connectivity index (χ2n) is 8.08. The van der Waals surface area contributed by atoms with Crippen molar-refractivity contribution in [3.05, 3.63) is 11.5 Å². The summed E-state index contributed by atoms with van der Waals surface area (Å²) in [4.78, 5) is 26.5. The summed E-state index contributed by atoms with van der Waals surface area (Å²) in [5, 5.41) is 38.9. The first kappa shape index (κ1) is 22.8. The third kappa shape index (κ3) is 5.01. The Morgan fingerprint density at radius 2 is 1.97 bits per heavy atom. The number of aromatic nitrogens is 4. The number of aliphatic hydroxyl groups excluding tert-OH is 3. The number of aliphatic hydroxyl groups is 3. The maximum Gasteiger partial charge on any atom is 0.328 e. The van der Waals surface area contributed by atoms with E-state index < -0.39 is 44.4 Å². The SMILES string of the molecule is O=P(O)(O)CC(O)C[C@H]1O[C@@H](n2ncc3c(NC4CCCC4)nc(Cl)nc32)[C@H](O)[C@@H]1O. The fourth-order valence-corrected chi connectivity index (χ4v) is 5.06. The van der Waals surface area contributed by atoms with Crippen LogP contribution in [0.2, 0.25) is 5.28 Å². The van der Waals surface area contributed by atoms with Crippen molar-refractivity contribution >= 4 is 36.0 Å². The molecule has 1 unspecified atom stereocenters. The van der Waals surface area contributed by atoms with E-state index in [0.29, 0.717) is 16.9 Å². The van der Waals surface area contributed by atoms with Gasteiger partial charge in [0.05, 0.1) is 30.0 Å². The molecule has 12 nitrogen and oxygen atoms in total. The largest absolute Gasteiger partial charge is 0.392 e. The van der Waals surface area contributed by atoms with E-state index in [2.05, 4.69) is 20.4 Å². The van der Waals surface area contributed by atoms with Gasteiger partial charge in [-0.25, -0.2) is 4.68 Å². The Morgan fingerprint density at radius 3 is 2.65 bits per heavy atom. The highest BCUT2D eigenvalue weighted by Gasteiger charge is 2.45. The second-order valence-corrected chi connectivity index (χ2v) is 10.1. The zero-order valence-corrected chi connectivity index (χ0v) is 18.1. The number of hydrogen-bond donors (Lipinski definition) is 6. The third-order valence-electron chi connectivity index (χ3n) is 5.65. The van der Waals surface area contributed by atoms with Crippen molar-refractivity contribution in [2.75, 3.05) is 11.5 Å². The van der Waals surface area contributed by atoms with Gasteiger partial charge in [-0.1, -0.05) is 12.8 Å². The van der Waals surface area contributed by atoms with Crippen LogP contribution in [-0.2, 0) is 9.30 Å². The van der Waals surface area contributed by atoms with Crippen molar-refractivity contribution in [1.29, 1.82) is 0 Å². The van der Waals surface area contributed by atoms with Gasteiger partial charge in [0.15, 0.2) is 11.9 Å². The monoisotopic (exact) mass is 477 g/mol. The molecule has 6 N–H and O–H groups in total. The normalized spacial score (nSPS) is 28.5. The Hall–Kier alpha value is -1.37. The lowest BCUT2D eigenvalue weighted by Crippen LogP contribution is -2.34. The van der Waals surface area contributed by atoms with E-state index in [9.17, 15) is 19.9 Å². The standard InChI is InChI=1S/C17H25ClN5O7P/c18-17-21-14(20-8-3-1-2-4-8)10-6-19-23(15(10)22-17)16-13(26)12(25)11(30-16)5-9(24)7-31(27,28)29/h6,8-9,11-13,16,24-26H,1-5,7H2,(H,20,21,22)(H2,27,28,29)/t9?,11-,12-,13-,16-/m1/s1. The molecule has 0 aromatic carbocycles. The van der Waals surface area contributed by atoms with Crippen molar-refractivity contribution < 1.29 is 34.4 Å². The lowest BCUT2D eigenvalue weighted by atomic mass is 10.1. The van der Waals surface area contributed by atoms with Gasteiger partial charge >= 0.3 is 7.60 Å². The molecule has 31 heavy (non-hydrogen) atoms. The van der Waals surface area contributed by atoms with Crippen LogP contribution in [0, 0.1) is 0 Å². The fourth-order valence-electron chi connectivity index (χ4n) is 4.20. The van der Waals surface area contributed by atoms with E-state index in [4.69, 9.17) is 26.1 Å². The lowest BCUT2D eigenvalue weighted by molar-refractivity contribution is -0.0529. The minimum absolute atomic E-state index is 0.0172. The van der Waals surface area contributed by atoms with Gasteiger partial charge in [-0.3, -0.25) is 4.57 Å². The van der Waals surface area contributed by atoms with Gasteiger partial charge in [-0.15, -0.1) is 0 Å². The molecule has 3 heterocycles. The molecule has 1 aliphatic carbocycles. The molecule has 14 heteroatoms. The zero-order valence-electron chi connectivity index (χ0n) is 16.5. The number of rotatable bonds is 7. The molecule has 1 saturated carbocycles. The van der Waals surface area contributed by atoms with E-state index >= 15 is 0 Å². The average Bonchev–Trinajstić information content (AvgIpc) is 3.37. The summed E-state index contributed by atoms with van der Waals surface area (Å²) in [5.41, 5.74) is 0.299. The minimum Gasteiger partial charge on any atom is -0.392 e. The first-order valence-electron chi connectivity index (χ1n) is 10.0. The molecule has 2 aromatic heterocycles. The second kappa shape index (κ2) is 8.87. The van der Waals surface area contributed by atoms with Gasteiger partial charge in [-0.05, 0) is 24.4 Å². The fraction of sp³-hybridized carbons (Fsp3) is 0.706. The first-order chi connectivity index (χ1) is 14.6. The molecule has 1 saturated heterocycles. The number of halogens is 1. The summed E-state index contributed by atoms with van der Waals surface area (Å²) in [6.07, 6.45) is -1.64. The minimum atomic E-state index is -4.44. The quantitative estimate of drug-likeness (QED) is 0.239. The molecular weight excluding hydrogens is 453 g/mol. The molecule has 1 aliphatic heterocycles. The van der Waals surface area contributed by atoms with E-state index in [1.54, 1.807) is 0 Å². The summed E-state index contributed by atoms with van der Waals surface area (Å²) in [6, 6.07) is 0.271. The van der Waals surface area contributed by atoms with E-state index in [0.717, 1.165) is 25.7 Å². The van der Waals surface area contributed by atoms with Crippen LogP contribution in [0.3, 0.4) is 0 Å². The van der Waals surface area contributed by atoms with Gasteiger partial charge < -0.3 is 35.2 Å². The summed E-state index contributed by atoms with van der Waals surface area (Å²) in [5.74, 6) is 0.523. The van der Waals surface area contributed by atoms with Crippen molar-refractivity contribution in [3.8, 4) is 0 Å². The number of anilines is 1. The number of hydrogen-bond acceptors (Lipinski definition) is 9. The molecule has 5 atom stereocenters. The van der Waals surface area contributed by atoms with Crippen molar-refractivity contribution in [2.45, 2.75) is 68.8 Å². The van der Waals surface area contributed by atoms with Crippen LogP contribution in [0.5, 0.6) is 0 Å². The molecule has 0 amide bonds. The topological polar surface area (TPSA) is 183 Å². The Kier molecular flexibility index (Phi) is 6.53. The van der Waals surface area contributed by atoms with Gasteiger partial charge in [-0.2, -0.15) is 15.1 Å². The molecule has 0 bridgehead atoms. The van der Waals surface area contributed by atoms with Crippen LogP contribution < -0.4 is 5.32 Å². The molecule has 4 rings (SSSR count). The molecule has 2 fully saturated rings. The maximum atomic E-state index is 11.1. The van der Waals surface area contributed by atoms with Crippen LogP contribution in [0.4, 0.5) is 5.82 Å². The number of nitrogens with one attached hydrogen (secondary N) is 1. The van der Waals surface area contributed by atoms with Crippen LogP contribution in [0.1, 0.15) is 38.3 Å². The van der Waals surface area contributed by atoms with E-state index in [1.807, 2.05) is 0 Å². The number of nitrogens with zero attached hydrogens (tertiary/aromatic N) is 4. The van der Waals surface area contributed by atoms with Crippen molar-refractivity contribution in [2.24, 2.45) is 0 Å². The number of fused-ring (bicyclic) bond motifs is 1. The molecule has 2 aliphatic rings. The van der Waals surface area contributed by atoms with E-state index in [1.165, 1.54) is 10.9 Å². The summed E-state index contributed by atoms with van der Waals surface area (Å²) >= 11 is 6.11. The molecule has 0 radical (unpaired) electrons. The lowest BCUT2D eigenvalue weighted by Gasteiger charge is -2.18. The molecule has 172 valence electrons. The van der Waals surface area contributed by atoms with Crippen LogP contribution in [-0.4, -0.2) is 81.5 Å². The Balaban J connectivity index is 1.56. The van der Waals surface area contributed by atoms with Crippen LogP contribution in [0.15, 0.2) is 6.20 Å². The van der Waals surface area contributed by atoms with Crippen molar-refractivity contribution in [1.82, 2.24) is 19.7 Å². The molecule has 2 aromatic rings. The van der Waals surface area contributed by atoms with Gasteiger partial charge in [0.1, 0.15) is 18.0 Å². The summed E-state index contributed by atoms with van der Waals surface area (Å²) in [7, 11) is -4.44. The van der Waals surface area contributed by atoms with Gasteiger partial charge in [0, 0.05) is 12.5 Å². The van der Waals surface area contributed by atoms with Gasteiger partial charge in [0.2, 0.25) is 5.28 Å². The third-order valence-corrected chi connectivity index (χ3v) is 6.72. The highest BCUT2D eigenvalue weighted by molar-refractivity contribution is 7.51. The molecule has 0 spiro atoms. The van der Waals surface area contributed by atoms with Gasteiger partial charge in [0.25, 0.3) is 0 Å². The predicted molar refractivity (Wildman–Crippen MR) is 110 cm³/mol. The Labute approximate surface area is 182 Å². The smallest absolute Gasteiger partial charge is 0.328 e. The maximum absolute atomic E-state index is 11.1. The highest BCUT2D eigenvalue weighted by Crippen LogP contribution is 2.38. The summed E-state index contributed by atoms with van der Waals surface area (Å²) < 4.78 is 18.1. The van der Waals surface area contributed by atoms with Crippen molar-refractivity contribution in [3.63, 3.8) is 0 Å². The predicted octanol–water partition coefficient (Wildman–Crippen LogP) is 0.382. The first-order valence-corrected chi connectivity index (χ1v) is 12.2. The van der Waals surface area contributed by atoms with Crippen LogP contribution in [0.25, 0.3) is 11.0 Å². The highest BCUT2D eigenvalue weighted by atomic mass is 35.5. The van der Waals surface area contributed by atoms with E-state index in [-0.39, 0.29) is 17.7 Å². The Bertz CT molecular complexity index is 981. The van der Waals surface area contributed by atoms with Crippen LogP contribution >= 0.6 is 19.2 Å².